The van der Waals surface area contributed by atoms with Gasteiger partial charge in [-0.05, 0) is 37.3 Å². The number of benzene rings is 1. The van der Waals surface area contributed by atoms with E-state index in [-0.39, 0.29) is 11.8 Å². The summed E-state index contributed by atoms with van der Waals surface area (Å²) in [7, 11) is 0. The Bertz CT molecular complexity index is 467. The van der Waals surface area contributed by atoms with Crippen LogP contribution in [0.3, 0.4) is 0 Å². The monoisotopic (exact) mass is 284 g/mol. The molecule has 0 amide bonds. The molecule has 2 atom stereocenters. The van der Waals surface area contributed by atoms with Crippen molar-refractivity contribution in [2.45, 2.75) is 31.8 Å². The van der Waals surface area contributed by atoms with Crippen LogP contribution in [0.5, 0.6) is 0 Å². The Hall–Kier alpha value is -1.33. The summed E-state index contributed by atoms with van der Waals surface area (Å²) in [6, 6.07) is 4.60. The van der Waals surface area contributed by atoms with Crippen molar-refractivity contribution in [1.82, 2.24) is 0 Å². The molecule has 0 bridgehead atoms. The summed E-state index contributed by atoms with van der Waals surface area (Å²) in [5.74, 6) is 0.360. The minimum atomic E-state index is -0.441. The average Bonchev–Trinajstić information content (AvgIpc) is 2.37. The normalized spacial score (nSPS) is 23.1. The Morgan fingerprint density at radius 2 is 2.26 bits per heavy atom. The first kappa shape index (κ1) is 14.1. The third-order valence-electron chi connectivity index (χ3n) is 3.49. The summed E-state index contributed by atoms with van der Waals surface area (Å²) in [4.78, 5) is 10.5. The molecule has 5 nitrogen and oxygen atoms in total. The van der Waals surface area contributed by atoms with Crippen molar-refractivity contribution in [3.63, 3.8) is 0 Å². The zero-order chi connectivity index (χ0) is 13.8. The fourth-order valence-corrected chi connectivity index (χ4v) is 2.67. The molecule has 0 aliphatic heterocycles. The first-order chi connectivity index (χ1) is 9.06. The molecule has 0 spiro atoms. The molecule has 0 radical (unpaired) electrons. The van der Waals surface area contributed by atoms with Gasteiger partial charge in [0.25, 0.3) is 5.69 Å². The van der Waals surface area contributed by atoms with Crippen molar-refractivity contribution in [3.05, 3.63) is 33.3 Å². The Morgan fingerprint density at radius 1 is 1.47 bits per heavy atom. The van der Waals surface area contributed by atoms with Crippen molar-refractivity contribution in [2.75, 3.05) is 11.9 Å². The van der Waals surface area contributed by atoms with Gasteiger partial charge >= 0.3 is 0 Å². The molecule has 19 heavy (non-hydrogen) atoms. The number of aliphatic hydroxyl groups is 1. The van der Waals surface area contributed by atoms with E-state index in [4.69, 9.17) is 11.6 Å². The van der Waals surface area contributed by atoms with Gasteiger partial charge in [-0.1, -0.05) is 18.0 Å². The van der Waals surface area contributed by atoms with Crippen LogP contribution in [0, 0.1) is 16.0 Å². The number of nitro benzene ring substituents is 1. The lowest BCUT2D eigenvalue weighted by atomic mass is 9.87. The maximum atomic E-state index is 10.9. The van der Waals surface area contributed by atoms with E-state index in [2.05, 4.69) is 5.32 Å². The zero-order valence-electron chi connectivity index (χ0n) is 10.5. The number of nitro groups is 1. The molecule has 0 saturated heterocycles. The van der Waals surface area contributed by atoms with Crippen LogP contribution in [0.25, 0.3) is 0 Å². The van der Waals surface area contributed by atoms with Crippen LogP contribution < -0.4 is 5.32 Å². The lowest BCUT2D eigenvalue weighted by Crippen LogP contribution is -2.25. The smallest absolute Gasteiger partial charge is 0.293 e. The standard InChI is InChI=1S/C13H17ClN2O3/c14-10-4-5-12(13(7-10)16(18)19)15-8-9-2-1-3-11(17)6-9/h4-5,7,9,11,15,17H,1-3,6,8H2. The molecular formula is C13H17ClN2O3. The largest absolute Gasteiger partial charge is 0.393 e. The van der Waals surface area contributed by atoms with E-state index in [1.54, 1.807) is 12.1 Å². The SMILES string of the molecule is O=[N+]([O-])c1cc(Cl)ccc1NCC1CCCC(O)C1. The highest BCUT2D eigenvalue weighted by molar-refractivity contribution is 6.30. The van der Waals surface area contributed by atoms with Crippen molar-refractivity contribution in [3.8, 4) is 0 Å². The Kier molecular flexibility index (Phi) is 4.61. The van der Waals surface area contributed by atoms with E-state index in [9.17, 15) is 15.2 Å². The second-order valence-electron chi connectivity index (χ2n) is 4.99. The minimum absolute atomic E-state index is 0.0103. The molecule has 1 aliphatic carbocycles. The van der Waals surface area contributed by atoms with E-state index >= 15 is 0 Å². The molecule has 0 heterocycles. The number of hydrogen-bond donors (Lipinski definition) is 2. The minimum Gasteiger partial charge on any atom is -0.393 e. The summed E-state index contributed by atoms with van der Waals surface area (Å²) in [5, 5.41) is 24.0. The van der Waals surface area contributed by atoms with Gasteiger partial charge in [0.1, 0.15) is 5.69 Å². The number of rotatable bonds is 4. The van der Waals surface area contributed by atoms with Crippen LogP contribution in [0.15, 0.2) is 18.2 Å². The van der Waals surface area contributed by atoms with Gasteiger partial charge in [-0.15, -0.1) is 0 Å². The van der Waals surface area contributed by atoms with Crippen molar-refractivity contribution < 1.29 is 10.0 Å². The Labute approximate surface area is 116 Å². The number of nitrogens with one attached hydrogen (secondary N) is 1. The van der Waals surface area contributed by atoms with Crippen LogP contribution in [0.4, 0.5) is 11.4 Å². The average molecular weight is 285 g/mol. The van der Waals surface area contributed by atoms with Gasteiger partial charge in [0.15, 0.2) is 0 Å². The molecule has 6 heteroatoms. The van der Waals surface area contributed by atoms with E-state index < -0.39 is 4.92 Å². The van der Waals surface area contributed by atoms with E-state index in [1.165, 1.54) is 6.07 Å². The topological polar surface area (TPSA) is 75.4 Å². The predicted octanol–water partition coefficient (Wildman–Crippen LogP) is 3.21. The maximum Gasteiger partial charge on any atom is 0.293 e. The van der Waals surface area contributed by atoms with E-state index in [1.807, 2.05) is 0 Å². The van der Waals surface area contributed by atoms with Gasteiger partial charge in [0.05, 0.1) is 11.0 Å². The van der Waals surface area contributed by atoms with Crippen LogP contribution >= 0.6 is 11.6 Å². The molecule has 1 fully saturated rings. The number of halogens is 1. The molecule has 1 aliphatic rings. The van der Waals surface area contributed by atoms with Crippen LogP contribution in [-0.4, -0.2) is 22.7 Å². The lowest BCUT2D eigenvalue weighted by Gasteiger charge is -2.26. The third kappa shape index (κ3) is 3.81. The van der Waals surface area contributed by atoms with Crippen LogP contribution in [-0.2, 0) is 0 Å². The molecule has 1 aromatic carbocycles. The second kappa shape index (κ2) is 6.21. The molecule has 1 saturated carbocycles. The number of nitrogens with zero attached hydrogens (tertiary/aromatic N) is 1. The molecule has 104 valence electrons. The number of hydrogen-bond acceptors (Lipinski definition) is 4. The van der Waals surface area contributed by atoms with Crippen LogP contribution in [0.1, 0.15) is 25.7 Å². The fraction of sp³-hybridized carbons (Fsp3) is 0.538. The first-order valence-electron chi connectivity index (χ1n) is 6.42. The predicted molar refractivity (Wildman–Crippen MR) is 74.6 cm³/mol. The second-order valence-corrected chi connectivity index (χ2v) is 5.42. The number of anilines is 1. The highest BCUT2D eigenvalue weighted by Gasteiger charge is 2.21. The molecular weight excluding hydrogens is 268 g/mol. The van der Waals surface area contributed by atoms with E-state index in [0.29, 0.717) is 23.2 Å². The Morgan fingerprint density at radius 3 is 2.95 bits per heavy atom. The Balaban J connectivity index is 2.01. The summed E-state index contributed by atoms with van der Waals surface area (Å²) < 4.78 is 0. The molecule has 0 aromatic heterocycles. The third-order valence-corrected chi connectivity index (χ3v) is 3.73. The van der Waals surface area contributed by atoms with Gasteiger partial charge < -0.3 is 10.4 Å². The van der Waals surface area contributed by atoms with E-state index in [0.717, 1.165) is 25.7 Å². The summed E-state index contributed by atoms with van der Waals surface area (Å²) in [6.45, 7) is 0.638. The van der Waals surface area contributed by atoms with Crippen molar-refractivity contribution in [1.29, 1.82) is 0 Å². The summed E-state index contributed by atoms with van der Waals surface area (Å²) in [5.41, 5.74) is 0.471. The van der Waals surface area contributed by atoms with Crippen LogP contribution in [0.2, 0.25) is 5.02 Å². The molecule has 1 aromatic rings. The quantitative estimate of drug-likeness (QED) is 0.657. The maximum absolute atomic E-state index is 10.9. The first-order valence-corrected chi connectivity index (χ1v) is 6.80. The highest BCUT2D eigenvalue weighted by Crippen LogP contribution is 2.29. The van der Waals surface area contributed by atoms with Crippen molar-refractivity contribution >= 4 is 23.0 Å². The number of aliphatic hydroxyl groups excluding tert-OH is 1. The molecule has 2 unspecified atom stereocenters. The van der Waals surface area contributed by atoms with Gasteiger partial charge in [-0.2, -0.15) is 0 Å². The zero-order valence-corrected chi connectivity index (χ0v) is 11.3. The van der Waals surface area contributed by atoms with Gasteiger partial charge in [-0.25, -0.2) is 0 Å². The van der Waals surface area contributed by atoms with Gasteiger partial charge in [0.2, 0.25) is 0 Å². The molecule has 2 N–H and O–H groups in total. The fourth-order valence-electron chi connectivity index (χ4n) is 2.51. The summed E-state index contributed by atoms with van der Waals surface area (Å²) >= 11 is 5.76. The van der Waals surface area contributed by atoms with Gasteiger partial charge in [0, 0.05) is 17.6 Å². The highest BCUT2D eigenvalue weighted by atomic mass is 35.5. The summed E-state index contributed by atoms with van der Waals surface area (Å²) in [6.07, 6.45) is 3.44. The van der Waals surface area contributed by atoms with Gasteiger partial charge in [-0.3, -0.25) is 10.1 Å². The molecule has 2 rings (SSSR count). The lowest BCUT2D eigenvalue weighted by molar-refractivity contribution is -0.383. The van der Waals surface area contributed by atoms with Crippen molar-refractivity contribution in [2.24, 2.45) is 5.92 Å².